The van der Waals surface area contributed by atoms with Crippen molar-refractivity contribution in [3.05, 3.63) is 29.8 Å². The van der Waals surface area contributed by atoms with Crippen LogP contribution < -0.4 is 10.6 Å². The molecule has 1 heterocycles. The summed E-state index contributed by atoms with van der Waals surface area (Å²) in [4.78, 5) is 16.6. The van der Waals surface area contributed by atoms with E-state index in [-0.39, 0.29) is 17.6 Å². The summed E-state index contributed by atoms with van der Waals surface area (Å²) in [6.07, 6.45) is -0.102. The Hall–Kier alpha value is -1.59. The number of carbonyl (C=O) groups excluding carboxylic acids is 1. The first-order chi connectivity index (χ1) is 9.82. The lowest BCUT2D eigenvalue weighted by molar-refractivity contribution is -0.122. The van der Waals surface area contributed by atoms with Gasteiger partial charge in [-0.1, -0.05) is 6.07 Å². The SMILES string of the molecule is CN(C)c1cccc(C(=O)N2CC(CN)OC(C)(C)C2)c1. The number of carbonyl (C=O) groups is 1. The van der Waals surface area contributed by atoms with Crippen molar-refractivity contribution in [3.63, 3.8) is 0 Å². The van der Waals surface area contributed by atoms with E-state index in [1.165, 1.54) is 0 Å². The van der Waals surface area contributed by atoms with Gasteiger partial charge in [-0.25, -0.2) is 0 Å². The molecule has 1 atom stereocenters. The predicted octanol–water partition coefficient (Wildman–Crippen LogP) is 1.33. The third kappa shape index (κ3) is 3.74. The molecule has 21 heavy (non-hydrogen) atoms. The number of morpholine rings is 1. The van der Waals surface area contributed by atoms with Gasteiger partial charge in [0.15, 0.2) is 0 Å². The second-order valence-electron chi connectivity index (χ2n) is 6.37. The van der Waals surface area contributed by atoms with E-state index in [9.17, 15) is 4.79 Å². The van der Waals surface area contributed by atoms with Crippen LogP contribution in [0.5, 0.6) is 0 Å². The van der Waals surface area contributed by atoms with Gasteiger partial charge < -0.3 is 20.3 Å². The monoisotopic (exact) mass is 291 g/mol. The third-order valence-electron chi connectivity index (χ3n) is 3.64. The van der Waals surface area contributed by atoms with E-state index in [4.69, 9.17) is 10.5 Å². The van der Waals surface area contributed by atoms with Crippen LogP contribution in [0.25, 0.3) is 0 Å². The van der Waals surface area contributed by atoms with Crippen molar-refractivity contribution in [1.82, 2.24) is 4.90 Å². The van der Waals surface area contributed by atoms with Crippen LogP contribution in [0.3, 0.4) is 0 Å². The maximum Gasteiger partial charge on any atom is 0.254 e. The molecule has 1 aromatic rings. The Labute approximate surface area is 126 Å². The first-order valence-corrected chi connectivity index (χ1v) is 7.27. The van der Waals surface area contributed by atoms with Crippen LogP contribution in [0.4, 0.5) is 5.69 Å². The number of amides is 1. The standard InChI is InChI=1S/C16H25N3O2/c1-16(2)11-19(10-14(9-17)21-16)15(20)12-6-5-7-13(8-12)18(3)4/h5-8,14H,9-11,17H2,1-4H3. The smallest absolute Gasteiger partial charge is 0.254 e. The van der Waals surface area contributed by atoms with Gasteiger partial charge in [0.1, 0.15) is 0 Å². The average Bonchev–Trinajstić information content (AvgIpc) is 2.44. The number of anilines is 1. The molecule has 5 nitrogen and oxygen atoms in total. The van der Waals surface area contributed by atoms with Gasteiger partial charge in [-0.15, -0.1) is 0 Å². The summed E-state index contributed by atoms with van der Waals surface area (Å²) < 4.78 is 5.87. The second-order valence-corrected chi connectivity index (χ2v) is 6.37. The van der Waals surface area contributed by atoms with Crippen molar-refractivity contribution in [2.75, 3.05) is 38.6 Å². The van der Waals surface area contributed by atoms with Crippen molar-refractivity contribution in [2.24, 2.45) is 5.73 Å². The van der Waals surface area contributed by atoms with Crippen molar-refractivity contribution >= 4 is 11.6 Å². The summed E-state index contributed by atoms with van der Waals surface area (Å²) >= 11 is 0. The molecule has 2 rings (SSSR count). The molecule has 0 spiro atoms. The number of ether oxygens (including phenoxy) is 1. The van der Waals surface area contributed by atoms with Gasteiger partial charge in [-0.3, -0.25) is 4.79 Å². The first-order valence-electron chi connectivity index (χ1n) is 7.27. The quantitative estimate of drug-likeness (QED) is 0.913. The Kier molecular flexibility index (Phi) is 4.54. The number of benzene rings is 1. The summed E-state index contributed by atoms with van der Waals surface area (Å²) in [5.41, 5.74) is 7.08. The van der Waals surface area contributed by atoms with Crippen LogP contribution in [0.2, 0.25) is 0 Å². The summed E-state index contributed by atoms with van der Waals surface area (Å²) in [6, 6.07) is 7.68. The zero-order valence-electron chi connectivity index (χ0n) is 13.3. The van der Waals surface area contributed by atoms with E-state index in [1.54, 1.807) is 0 Å². The van der Waals surface area contributed by atoms with E-state index in [2.05, 4.69) is 0 Å². The average molecular weight is 291 g/mol. The summed E-state index contributed by atoms with van der Waals surface area (Å²) in [6.45, 7) is 5.53. The lowest BCUT2D eigenvalue weighted by atomic mass is 10.0. The molecule has 1 aliphatic rings. The predicted molar refractivity (Wildman–Crippen MR) is 84.7 cm³/mol. The Morgan fingerprint density at radius 1 is 1.48 bits per heavy atom. The molecule has 0 bridgehead atoms. The molecule has 1 aromatic carbocycles. The molecule has 0 radical (unpaired) electrons. The van der Waals surface area contributed by atoms with Crippen LogP contribution in [-0.2, 0) is 4.74 Å². The second kappa shape index (κ2) is 6.03. The molecule has 0 aliphatic carbocycles. The van der Waals surface area contributed by atoms with E-state index in [1.807, 2.05) is 62.0 Å². The van der Waals surface area contributed by atoms with Gasteiger partial charge in [-0.05, 0) is 32.0 Å². The minimum atomic E-state index is -0.364. The highest BCUT2D eigenvalue weighted by molar-refractivity contribution is 5.95. The number of nitrogens with two attached hydrogens (primary N) is 1. The van der Waals surface area contributed by atoms with Gasteiger partial charge in [0.25, 0.3) is 5.91 Å². The minimum absolute atomic E-state index is 0.0357. The van der Waals surface area contributed by atoms with Gasteiger partial charge in [0.05, 0.1) is 11.7 Å². The molecule has 1 unspecified atom stereocenters. The zero-order valence-corrected chi connectivity index (χ0v) is 13.3. The van der Waals surface area contributed by atoms with Gasteiger partial charge >= 0.3 is 0 Å². The van der Waals surface area contributed by atoms with Crippen LogP contribution in [-0.4, -0.2) is 56.2 Å². The highest BCUT2D eigenvalue weighted by Gasteiger charge is 2.35. The molecule has 2 N–H and O–H groups in total. The Morgan fingerprint density at radius 2 is 2.19 bits per heavy atom. The van der Waals surface area contributed by atoms with Gasteiger partial charge in [-0.2, -0.15) is 0 Å². The van der Waals surface area contributed by atoms with Crippen molar-refractivity contribution < 1.29 is 9.53 Å². The highest BCUT2D eigenvalue weighted by Crippen LogP contribution is 2.23. The molecule has 1 saturated heterocycles. The number of hydrogen-bond donors (Lipinski definition) is 1. The summed E-state index contributed by atoms with van der Waals surface area (Å²) in [5, 5.41) is 0. The molecule has 1 aliphatic heterocycles. The van der Waals surface area contributed by atoms with E-state index in [0.29, 0.717) is 25.2 Å². The van der Waals surface area contributed by atoms with Crippen molar-refractivity contribution in [1.29, 1.82) is 0 Å². The highest BCUT2D eigenvalue weighted by atomic mass is 16.5. The zero-order chi connectivity index (χ0) is 15.6. The van der Waals surface area contributed by atoms with Gasteiger partial charge in [0, 0.05) is 45.0 Å². The molecule has 0 saturated carbocycles. The number of hydrogen-bond acceptors (Lipinski definition) is 4. The first kappa shape index (κ1) is 15.8. The Bertz CT molecular complexity index is 514. The lowest BCUT2D eigenvalue weighted by Gasteiger charge is -2.42. The fraction of sp³-hybridized carbons (Fsp3) is 0.562. The maximum atomic E-state index is 12.7. The largest absolute Gasteiger partial charge is 0.378 e. The van der Waals surface area contributed by atoms with Gasteiger partial charge in [0.2, 0.25) is 0 Å². The van der Waals surface area contributed by atoms with E-state index >= 15 is 0 Å². The molecule has 1 fully saturated rings. The maximum absolute atomic E-state index is 12.7. The molecular formula is C16H25N3O2. The number of rotatable bonds is 3. The fourth-order valence-corrected chi connectivity index (χ4v) is 2.67. The molecule has 1 amide bonds. The fourth-order valence-electron chi connectivity index (χ4n) is 2.67. The minimum Gasteiger partial charge on any atom is -0.378 e. The third-order valence-corrected chi connectivity index (χ3v) is 3.64. The van der Waals surface area contributed by atoms with Crippen LogP contribution >= 0.6 is 0 Å². The molecule has 5 heteroatoms. The Morgan fingerprint density at radius 3 is 2.81 bits per heavy atom. The Balaban J connectivity index is 2.20. The number of nitrogens with zero attached hydrogens (tertiary/aromatic N) is 2. The topological polar surface area (TPSA) is 58.8 Å². The van der Waals surface area contributed by atoms with Crippen LogP contribution in [0.15, 0.2) is 24.3 Å². The van der Waals surface area contributed by atoms with Crippen molar-refractivity contribution in [3.8, 4) is 0 Å². The molecular weight excluding hydrogens is 266 g/mol. The summed E-state index contributed by atoms with van der Waals surface area (Å²) in [5.74, 6) is 0.0357. The summed E-state index contributed by atoms with van der Waals surface area (Å²) in [7, 11) is 3.93. The van der Waals surface area contributed by atoms with E-state index in [0.717, 1.165) is 5.69 Å². The van der Waals surface area contributed by atoms with Crippen molar-refractivity contribution in [2.45, 2.75) is 25.6 Å². The van der Waals surface area contributed by atoms with Crippen LogP contribution in [0, 0.1) is 0 Å². The normalized spacial score (nSPS) is 21.2. The molecule has 0 aromatic heterocycles. The molecule has 116 valence electrons. The lowest BCUT2D eigenvalue weighted by Crippen LogP contribution is -2.56. The van der Waals surface area contributed by atoms with Crippen LogP contribution in [0.1, 0.15) is 24.2 Å². The van der Waals surface area contributed by atoms with E-state index < -0.39 is 0 Å².